The standard InChI is InChI=1S/C30H33ClFN3O/c1-22(2)18-34-21-30(35(29(34)36)27-14-10-25(31)11-15-27)20-33(17-16-23-6-4-3-5-7-23)19-28(30)24-8-12-26(32)13-9-24/h3-15,22,28H,16-21H2,1-2H3/t28-,30+/m1/s1. The van der Waals surface area contributed by atoms with Gasteiger partial charge in [-0.15, -0.1) is 0 Å². The number of carbonyl (C=O) groups excluding carboxylic acids is 1. The lowest BCUT2D eigenvalue weighted by Crippen LogP contribution is -2.53. The van der Waals surface area contributed by atoms with Crippen LogP contribution >= 0.6 is 11.6 Å². The molecule has 0 unspecified atom stereocenters. The Bertz CT molecular complexity index is 1190. The van der Waals surface area contributed by atoms with Crippen LogP contribution in [0.5, 0.6) is 0 Å². The summed E-state index contributed by atoms with van der Waals surface area (Å²) in [5, 5.41) is 0.643. The summed E-state index contributed by atoms with van der Waals surface area (Å²) in [6.45, 7) is 8.08. The molecule has 0 N–H and O–H groups in total. The molecule has 2 heterocycles. The lowest BCUT2D eigenvalue weighted by atomic mass is 9.81. The number of nitrogens with zero attached hydrogens (tertiary/aromatic N) is 3. The van der Waals surface area contributed by atoms with Gasteiger partial charge in [0.05, 0.1) is 5.54 Å². The van der Waals surface area contributed by atoms with Crippen LogP contribution in [-0.4, -0.2) is 54.1 Å². The van der Waals surface area contributed by atoms with Crippen molar-refractivity contribution in [3.63, 3.8) is 0 Å². The van der Waals surface area contributed by atoms with Crippen molar-refractivity contribution in [2.45, 2.75) is 31.7 Å². The number of amides is 2. The number of urea groups is 1. The molecule has 188 valence electrons. The maximum atomic E-state index is 13.9. The summed E-state index contributed by atoms with van der Waals surface area (Å²) in [5.41, 5.74) is 2.76. The van der Waals surface area contributed by atoms with E-state index >= 15 is 0 Å². The number of rotatable bonds is 7. The average Bonchev–Trinajstić information content (AvgIpc) is 3.35. The van der Waals surface area contributed by atoms with Crippen molar-refractivity contribution >= 4 is 23.3 Å². The first-order valence-electron chi connectivity index (χ1n) is 12.7. The summed E-state index contributed by atoms with van der Waals surface area (Å²) in [4.78, 5) is 20.4. The van der Waals surface area contributed by atoms with Crippen molar-refractivity contribution in [1.29, 1.82) is 0 Å². The topological polar surface area (TPSA) is 26.8 Å². The Morgan fingerprint density at radius 3 is 2.33 bits per heavy atom. The Morgan fingerprint density at radius 2 is 1.67 bits per heavy atom. The van der Waals surface area contributed by atoms with Crippen LogP contribution in [0.2, 0.25) is 5.02 Å². The second kappa shape index (κ2) is 10.2. The van der Waals surface area contributed by atoms with E-state index in [1.54, 1.807) is 0 Å². The van der Waals surface area contributed by atoms with Gasteiger partial charge in [-0.3, -0.25) is 9.80 Å². The number of benzene rings is 3. The fourth-order valence-electron chi connectivity index (χ4n) is 5.93. The lowest BCUT2D eigenvalue weighted by molar-refractivity contribution is 0.213. The molecule has 2 atom stereocenters. The highest BCUT2D eigenvalue weighted by atomic mass is 35.5. The van der Waals surface area contributed by atoms with Gasteiger partial charge in [-0.25, -0.2) is 9.18 Å². The SMILES string of the molecule is CC(C)CN1C[C@]2(CN(CCc3ccccc3)C[C@@H]2c2ccc(F)cc2)N(c2ccc(Cl)cc2)C1=O. The zero-order valence-electron chi connectivity index (χ0n) is 20.9. The largest absolute Gasteiger partial charge is 0.325 e. The molecule has 2 aliphatic heterocycles. The first-order chi connectivity index (χ1) is 17.4. The van der Waals surface area contributed by atoms with Crippen molar-refractivity contribution in [3.05, 3.63) is 101 Å². The Hall–Kier alpha value is -2.89. The Kier molecular flexibility index (Phi) is 7.05. The van der Waals surface area contributed by atoms with Crippen LogP contribution in [0, 0.1) is 11.7 Å². The molecule has 1 spiro atoms. The molecule has 4 nitrogen and oxygen atoms in total. The number of anilines is 1. The zero-order valence-corrected chi connectivity index (χ0v) is 21.7. The number of hydrogen-bond donors (Lipinski definition) is 0. The number of halogens is 2. The van der Waals surface area contributed by atoms with E-state index in [9.17, 15) is 9.18 Å². The van der Waals surface area contributed by atoms with Crippen LogP contribution in [0.1, 0.15) is 30.9 Å². The molecule has 0 aliphatic carbocycles. The third-order valence-electron chi connectivity index (χ3n) is 7.46. The minimum absolute atomic E-state index is 0.0306. The first-order valence-corrected chi connectivity index (χ1v) is 13.1. The molecule has 2 amide bonds. The summed E-state index contributed by atoms with van der Waals surface area (Å²) in [7, 11) is 0. The van der Waals surface area contributed by atoms with Crippen molar-refractivity contribution in [3.8, 4) is 0 Å². The average molecular weight is 506 g/mol. The van der Waals surface area contributed by atoms with E-state index in [0.717, 1.165) is 37.3 Å². The Labute approximate surface area is 218 Å². The molecule has 36 heavy (non-hydrogen) atoms. The van der Waals surface area contributed by atoms with Crippen LogP contribution in [0.3, 0.4) is 0 Å². The third-order valence-corrected chi connectivity index (χ3v) is 7.71. The molecule has 5 rings (SSSR count). The van der Waals surface area contributed by atoms with Crippen LogP contribution in [0.25, 0.3) is 0 Å². The normalized spacial score (nSPS) is 22.4. The summed E-state index contributed by atoms with van der Waals surface area (Å²) < 4.78 is 13.9. The number of hydrogen-bond acceptors (Lipinski definition) is 2. The van der Waals surface area contributed by atoms with Crippen LogP contribution in [0.15, 0.2) is 78.9 Å². The fraction of sp³-hybridized carbons (Fsp3) is 0.367. The van der Waals surface area contributed by atoms with Gasteiger partial charge in [0.15, 0.2) is 0 Å². The Morgan fingerprint density at radius 1 is 0.972 bits per heavy atom. The summed E-state index contributed by atoms with van der Waals surface area (Å²) in [5.74, 6) is 0.159. The molecular formula is C30H33ClFN3O. The minimum Gasteiger partial charge on any atom is -0.322 e. The second-order valence-corrected chi connectivity index (χ2v) is 11.0. The summed E-state index contributed by atoms with van der Waals surface area (Å²) >= 11 is 6.21. The van der Waals surface area contributed by atoms with Gasteiger partial charge in [0.25, 0.3) is 0 Å². The molecule has 2 fully saturated rings. The number of carbonyl (C=O) groups is 1. The highest BCUT2D eigenvalue weighted by Crippen LogP contribution is 2.47. The maximum Gasteiger partial charge on any atom is 0.325 e. The van der Waals surface area contributed by atoms with E-state index < -0.39 is 5.54 Å². The molecule has 2 aliphatic rings. The van der Waals surface area contributed by atoms with Gasteiger partial charge in [0.1, 0.15) is 5.82 Å². The Balaban J connectivity index is 1.54. The van der Waals surface area contributed by atoms with Gasteiger partial charge in [-0.1, -0.05) is 67.9 Å². The summed E-state index contributed by atoms with van der Waals surface area (Å²) in [6, 6.07) is 24.9. The number of likely N-dealkylation sites (tertiary alicyclic amines) is 1. The first kappa shape index (κ1) is 24.8. The molecule has 0 saturated carbocycles. The predicted molar refractivity (Wildman–Crippen MR) is 144 cm³/mol. The van der Waals surface area contributed by atoms with Gasteiger partial charge < -0.3 is 4.90 Å². The van der Waals surface area contributed by atoms with Gasteiger partial charge >= 0.3 is 6.03 Å². The predicted octanol–water partition coefficient (Wildman–Crippen LogP) is 6.46. The summed E-state index contributed by atoms with van der Waals surface area (Å²) in [6.07, 6.45) is 0.942. The molecule has 0 radical (unpaired) electrons. The van der Waals surface area contributed by atoms with Crippen LogP contribution in [-0.2, 0) is 6.42 Å². The molecule has 6 heteroatoms. The lowest BCUT2D eigenvalue weighted by Gasteiger charge is -2.38. The third kappa shape index (κ3) is 4.87. The van der Waals surface area contributed by atoms with Crippen LogP contribution in [0.4, 0.5) is 14.9 Å². The van der Waals surface area contributed by atoms with Crippen molar-refractivity contribution in [2.24, 2.45) is 5.92 Å². The highest BCUT2D eigenvalue weighted by molar-refractivity contribution is 6.30. The molecule has 2 saturated heterocycles. The van der Waals surface area contributed by atoms with Crippen molar-refractivity contribution in [2.75, 3.05) is 37.6 Å². The molecule has 3 aromatic carbocycles. The zero-order chi connectivity index (χ0) is 25.3. The minimum atomic E-state index is -0.464. The highest BCUT2D eigenvalue weighted by Gasteiger charge is 2.59. The van der Waals surface area contributed by atoms with Crippen LogP contribution < -0.4 is 4.90 Å². The van der Waals surface area contributed by atoms with Crippen molar-refractivity contribution in [1.82, 2.24) is 9.80 Å². The quantitative estimate of drug-likeness (QED) is 0.368. The van der Waals surface area contributed by atoms with E-state index in [1.807, 2.05) is 52.3 Å². The second-order valence-electron chi connectivity index (χ2n) is 10.5. The van der Waals surface area contributed by atoms with E-state index in [-0.39, 0.29) is 17.8 Å². The monoisotopic (exact) mass is 505 g/mol. The van der Waals surface area contributed by atoms with E-state index in [2.05, 4.69) is 43.0 Å². The fourth-order valence-corrected chi connectivity index (χ4v) is 6.06. The van der Waals surface area contributed by atoms with Gasteiger partial charge in [-0.05, 0) is 59.9 Å². The van der Waals surface area contributed by atoms with Crippen molar-refractivity contribution < 1.29 is 9.18 Å². The van der Waals surface area contributed by atoms with E-state index in [1.165, 1.54) is 17.7 Å². The van der Waals surface area contributed by atoms with Gasteiger partial charge in [0.2, 0.25) is 0 Å². The van der Waals surface area contributed by atoms with Gasteiger partial charge in [0, 0.05) is 49.4 Å². The smallest absolute Gasteiger partial charge is 0.322 e. The molecule has 0 bridgehead atoms. The molecule has 3 aromatic rings. The molecular weight excluding hydrogens is 473 g/mol. The maximum absolute atomic E-state index is 13.9. The molecule has 0 aromatic heterocycles. The van der Waals surface area contributed by atoms with Gasteiger partial charge in [-0.2, -0.15) is 0 Å². The van der Waals surface area contributed by atoms with E-state index in [4.69, 9.17) is 11.6 Å². The van der Waals surface area contributed by atoms with E-state index in [0.29, 0.717) is 24.0 Å².